The zero-order valence-electron chi connectivity index (χ0n) is 10.0. The first-order valence-electron chi connectivity index (χ1n) is 5.86. The maximum absolute atomic E-state index is 5.88. The van der Waals surface area contributed by atoms with Gasteiger partial charge < -0.3 is 4.57 Å². The summed E-state index contributed by atoms with van der Waals surface area (Å²) in [5.41, 5.74) is 3.99. The summed E-state index contributed by atoms with van der Waals surface area (Å²) in [6.07, 6.45) is 2.67. The third-order valence-electron chi connectivity index (χ3n) is 2.90. The molecule has 0 amide bonds. The van der Waals surface area contributed by atoms with Gasteiger partial charge in [-0.05, 0) is 18.2 Å². The van der Waals surface area contributed by atoms with E-state index in [0.29, 0.717) is 5.88 Å². The summed E-state index contributed by atoms with van der Waals surface area (Å²) in [6, 6.07) is 6.14. The number of hydrogen-bond acceptors (Lipinski definition) is 3. The van der Waals surface area contributed by atoms with Crippen LogP contribution in [0, 0.1) is 0 Å². The van der Waals surface area contributed by atoms with Crippen molar-refractivity contribution in [3.05, 3.63) is 45.1 Å². The molecule has 1 aromatic carbocycles. The first-order valence-corrected chi connectivity index (χ1v) is 8.06. The van der Waals surface area contributed by atoms with Gasteiger partial charge >= 0.3 is 0 Å². The van der Waals surface area contributed by atoms with Crippen LogP contribution in [0.5, 0.6) is 0 Å². The van der Waals surface area contributed by atoms with Gasteiger partial charge in [-0.3, -0.25) is 4.98 Å². The zero-order valence-corrected chi connectivity index (χ0v) is 13.2. The number of thiazole rings is 1. The molecule has 0 N–H and O–H groups in total. The van der Waals surface area contributed by atoms with E-state index >= 15 is 0 Å². The fourth-order valence-corrected chi connectivity index (χ4v) is 3.17. The Kier molecular flexibility index (Phi) is 3.86. The van der Waals surface area contributed by atoms with Gasteiger partial charge in [0, 0.05) is 27.8 Å². The summed E-state index contributed by atoms with van der Waals surface area (Å²) in [6.45, 7) is 0.795. The monoisotopic (exact) mass is 355 g/mol. The Labute approximate surface area is 128 Å². The van der Waals surface area contributed by atoms with Crippen molar-refractivity contribution >= 4 is 49.9 Å². The van der Waals surface area contributed by atoms with Crippen molar-refractivity contribution in [3.8, 4) is 0 Å². The van der Waals surface area contributed by atoms with Crippen molar-refractivity contribution in [1.29, 1.82) is 0 Å². The highest BCUT2D eigenvalue weighted by Gasteiger charge is 2.11. The maximum atomic E-state index is 5.88. The third kappa shape index (κ3) is 2.68. The topological polar surface area (TPSA) is 30.7 Å². The van der Waals surface area contributed by atoms with Gasteiger partial charge in [0.25, 0.3) is 0 Å². The Morgan fingerprint density at radius 1 is 1.37 bits per heavy atom. The van der Waals surface area contributed by atoms with Gasteiger partial charge in [-0.1, -0.05) is 15.9 Å². The lowest BCUT2D eigenvalue weighted by molar-refractivity contribution is 0.762. The second-order valence-electron chi connectivity index (χ2n) is 4.15. The van der Waals surface area contributed by atoms with Crippen LogP contribution in [0.25, 0.3) is 11.0 Å². The lowest BCUT2D eigenvalue weighted by Crippen LogP contribution is -2.05. The number of aromatic nitrogens is 3. The van der Waals surface area contributed by atoms with E-state index in [1.807, 2.05) is 23.8 Å². The largest absolute Gasteiger partial charge is 0.323 e. The summed E-state index contributed by atoms with van der Waals surface area (Å²) in [4.78, 5) is 10.0. The van der Waals surface area contributed by atoms with Crippen molar-refractivity contribution in [3.63, 3.8) is 0 Å². The van der Waals surface area contributed by atoms with Crippen LogP contribution in [-0.4, -0.2) is 20.4 Å². The second kappa shape index (κ2) is 5.61. The molecule has 0 unspecified atom stereocenters. The molecule has 0 spiro atoms. The molecule has 2 aromatic heterocycles. The van der Waals surface area contributed by atoms with Crippen LogP contribution in [-0.2, 0) is 13.0 Å². The van der Waals surface area contributed by atoms with Crippen molar-refractivity contribution in [1.82, 2.24) is 14.5 Å². The minimum atomic E-state index is 0.577. The Balaban J connectivity index is 2.12. The second-order valence-corrected chi connectivity index (χ2v) is 6.42. The Bertz CT molecular complexity index is 693. The van der Waals surface area contributed by atoms with Crippen LogP contribution in [0.15, 0.2) is 34.4 Å². The highest BCUT2D eigenvalue weighted by atomic mass is 79.9. The molecule has 0 aliphatic carbocycles. The number of benzene rings is 1. The van der Waals surface area contributed by atoms with Gasteiger partial charge in [-0.2, -0.15) is 0 Å². The summed E-state index contributed by atoms with van der Waals surface area (Å²) in [5.74, 6) is 1.60. The summed E-state index contributed by atoms with van der Waals surface area (Å²) in [7, 11) is 0. The van der Waals surface area contributed by atoms with E-state index < -0.39 is 0 Å². The van der Waals surface area contributed by atoms with Crippen molar-refractivity contribution in [2.45, 2.75) is 13.0 Å². The normalized spacial score (nSPS) is 11.3. The summed E-state index contributed by atoms with van der Waals surface area (Å²) < 4.78 is 3.28. The molecule has 0 atom stereocenters. The van der Waals surface area contributed by atoms with Gasteiger partial charge in [0.1, 0.15) is 5.82 Å². The molecule has 98 valence electrons. The molecule has 3 nitrogen and oxygen atoms in total. The predicted molar refractivity (Wildman–Crippen MR) is 83.1 cm³/mol. The van der Waals surface area contributed by atoms with Gasteiger partial charge in [-0.25, -0.2) is 4.98 Å². The third-order valence-corrected chi connectivity index (χ3v) is 4.35. The molecule has 3 aromatic rings. The summed E-state index contributed by atoms with van der Waals surface area (Å²) in [5, 5.41) is 0. The molecular formula is C13H11BrClN3S. The average molecular weight is 357 g/mol. The number of halogens is 2. The van der Waals surface area contributed by atoms with Gasteiger partial charge in [0.15, 0.2) is 0 Å². The quantitative estimate of drug-likeness (QED) is 0.659. The minimum absolute atomic E-state index is 0.577. The highest BCUT2D eigenvalue weighted by Crippen LogP contribution is 2.23. The SMILES string of the molecule is ClCCc1nc2ccc(Br)cc2n1Cc1cncs1. The lowest BCUT2D eigenvalue weighted by atomic mass is 10.3. The van der Waals surface area contributed by atoms with Crippen molar-refractivity contribution < 1.29 is 0 Å². The molecule has 19 heavy (non-hydrogen) atoms. The Morgan fingerprint density at radius 2 is 2.26 bits per heavy atom. The Hall–Kier alpha value is -0.910. The number of nitrogens with zero attached hydrogens (tertiary/aromatic N) is 3. The van der Waals surface area contributed by atoms with E-state index in [1.54, 1.807) is 11.3 Å². The van der Waals surface area contributed by atoms with Crippen LogP contribution < -0.4 is 0 Å². The van der Waals surface area contributed by atoms with Crippen molar-refractivity contribution in [2.75, 3.05) is 5.88 Å². The van der Waals surface area contributed by atoms with Crippen LogP contribution in [0.2, 0.25) is 0 Å². The lowest BCUT2D eigenvalue weighted by Gasteiger charge is -2.06. The zero-order chi connectivity index (χ0) is 13.2. The number of rotatable bonds is 4. The summed E-state index contributed by atoms with van der Waals surface area (Å²) >= 11 is 11.0. The fraction of sp³-hybridized carbons (Fsp3) is 0.231. The first kappa shape index (κ1) is 13.1. The number of hydrogen-bond donors (Lipinski definition) is 0. The number of imidazole rings is 1. The fourth-order valence-electron chi connectivity index (χ4n) is 2.07. The van der Waals surface area contributed by atoms with Crippen LogP contribution in [0.3, 0.4) is 0 Å². The van der Waals surface area contributed by atoms with E-state index in [4.69, 9.17) is 11.6 Å². The van der Waals surface area contributed by atoms with E-state index in [-0.39, 0.29) is 0 Å². The van der Waals surface area contributed by atoms with E-state index in [9.17, 15) is 0 Å². The molecule has 0 radical (unpaired) electrons. The van der Waals surface area contributed by atoms with Crippen LogP contribution in [0.4, 0.5) is 0 Å². The van der Waals surface area contributed by atoms with Crippen LogP contribution in [0.1, 0.15) is 10.7 Å². The van der Waals surface area contributed by atoms with E-state index in [0.717, 1.165) is 34.3 Å². The Morgan fingerprint density at radius 3 is 3.00 bits per heavy atom. The van der Waals surface area contributed by atoms with Crippen molar-refractivity contribution in [2.24, 2.45) is 0 Å². The number of alkyl halides is 1. The number of aryl methyl sites for hydroxylation is 1. The maximum Gasteiger partial charge on any atom is 0.111 e. The first-order chi connectivity index (χ1) is 9.28. The molecule has 6 heteroatoms. The molecule has 2 heterocycles. The minimum Gasteiger partial charge on any atom is -0.323 e. The molecule has 0 saturated carbocycles. The van der Waals surface area contributed by atoms with E-state index in [1.165, 1.54) is 4.88 Å². The van der Waals surface area contributed by atoms with Crippen LogP contribution >= 0.6 is 38.9 Å². The van der Waals surface area contributed by atoms with E-state index in [2.05, 4.69) is 36.5 Å². The standard InChI is InChI=1S/C13H11BrClN3S/c14-9-1-2-11-12(5-9)18(13(17-11)3-4-15)7-10-6-16-8-19-10/h1-2,5-6,8H,3-4,7H2. The molecule has 0 aliphatic rings. The highest BCUT2D eigenvalue weighted by molar-refractivity contribution is 9.10. The molecular weight excluding hydrogens is 346 g/mol. The molecule has 0 aliphatic heterocycles. The smallest absolute Gasteiger partial charge is 0.111 e. The molecule has 3 rings (SSSR count). The number of fused-ring (bicyclic) bond motifs is 1. The van der Waals surface area contributed by atoms with Gasteiger partial charge in [0.05, 0.1) is 23.1 Å². The van der Waals surface area contributed by atoms with Gasteiger partial charge in [0.2, 0.25) is 0 Å². The average Bonchev–Trinajstić information content (AvgIpc) is 3.00. The van der Waals surface area contributed by atoms with Gasteiger partial charge in [-0.15, -0.1) is 22.9 Å². The molecule has 0 saturated heterocycles. The molecule has 0 fully saturated rings. The predicted octanol–water partition coefficient (Wildman–Crippen LogP) is 4.08. The molecule has 0 bridgehead atoms.